The first-order chi connectivity index (χ1) is 13.8. The third-order valence-electron chi connectivity index (χ3n) is 4.63. The number of aromatic hydroxyl groups is 1. The Balaban J connectivity index is 1.63. The van der Waals surface area contributed by atoms with Crippen LogP contribution in [0.3, 0.4) is 0 Å². The molecule has 0 saturated heterocycles. The number of ether oxygens (including phenoxy) is 1. The van der Waals surface area contributed by atoms with Crippen molar-refractivity contribution in [1.82, 2.24) is 0 Å². The summed E-state index contributed by atoms with van der Waals surface area (Å²) in [6.07, 6.45) is -0.931. The van der Waals surface area contributed by atoms with Crippen LogP contribution in [-0.2, 0) is 9.53 Å². The van der Waals surface area contributed by atoms with Gasteiger partial charge in [-0.05, 0) is 73.4 Å². The molecule has 5 heteroatoms. The zero-order chi connectivity index (χ0) is 21.0. The van der Waals surface area contributed by atoms with Gasteiger partial charge in [0.2, 0.25) is 0 Å². The molecule has 0 heterocycles. The minimum atomic E-state index is -0.931. The largest absolute Gasteiger partial charge is 0.508 e. The molecule has 0 aliphatic heterocycles. The predicted octanol–water partition coefficient (Wildman–Crippen LogP) is 4.86. The molecule has 0 bridgehead atoms. The Morgan fingerprint density at radius 1 is 0.897 bits per heavy atom. The molecule has 148 valence electrons. The molecule has 0 fully saturated rings. The molecule has 5 nitrogen and oxygen atoms in total. The number of phenols is 1. The Morgan fingerprint density at radius 2 is 1.48 bits per heavy atom. The topological polar surface area (TPSA) is 75.6 Å². The molecular formula is C24H23NO4. The van der Waals surface area contributed by atoms with Crippen LogP contribution in [0.4, 0.5) is 5.69 Å². The maximum atomic E-state index is 12.4. The predicted molar refractivity (Wildman–Crippen MR) is 113 cm³/mol. The molecule has 0 aliphatic rings. The highest BCUT2D eigenvalue weighted by Crippen LogP contribution is 2.23. The number of anilines is 1. The van der Waals surface area contributed by atoms with Crippen LogP contribution in [0, 0.1) is 13.8 Å². The van der Waals surface area contributed by atoms with E-state index in [1.807, 2.05) is 32.0 Å². The van der Waals surface area contributed by atoms with Crippen molar-refractivity contribution in [2.24, 2.45) is 0 Å². The van der Waals surface area contributed by atoms with Crippen LogP contribution in [0.5, 0.6) is 5.75 Å². The molecule has 0 unspecified atom stereocenters. The first-order valence-corrected chi connectivity index (χ1v) is 9.32. The fourth-order valence-electron chi connectivity index (χ4n) is 2.84. The summed E-state index contributed by atoms with van der Waals surface area (Å²) in [5.74, 6) is -0.749. The highest BCUT2D eigenvalue weighted by molar-refractivity contribution is 5.98. The first-order valence-electron chi connectivity index (χ1n) is 9.32. The molecular weight excluding hydrogens is 366 g/mol. The number of hydrogen-bond acceptors (Lipinski definition) is 4. The number of rotatable bonds is 5. The van der Waals surface area contributed by atoms with Crippen molar-refractivity contribution < 1.29 is 19.4 Å². The molecule has 3 rings (SSSR count). The lowest BCUT2D eigenvalue weighted by atomic mass is 10.0. The molecule has 0 saturated carbocycles. The Kier molecular flexibility index (Phi) is 5.98. The summed E-state index contributed by atoms with van der Waals surface area (Å²) in [6, 6.07) is 19.5. The number of hydrogen-bond donors (Lipinski definition) is 2. The van der Waals surface area contributed by atoms with Crippen LogP contribution in [0.2, 0.25) is 0 Å². The van der Waals surface area contributed by atoms with Gasteiger partial charge in [0.15, 0.2) is 6.10 Å². The second-order valence-electron chi connectivity index (χ2n) is 6.98. The summed E-state index contributed by atoms with van der Waals surface area (Å²) in [5.41, 5.74) is 4.86. The van der Waals surface area contributed by atoms with Gasteiger partial charge >= 0.3 is 5.97 Å². The van der Waals surface area contributed by atoms with Gasteiger partial charge in [0, 0.05) is 5.69 Å². The van der Waals surface area contributed by atoms with E-state index in [2.05, 4.69) is 5.32 Å². The molecule has 29 heavy (non-hydrogen) atoms. The van der Waals surface area contributed by atoms with Gasteiger partial charge in [-0.2, -0.15) is 0 Å². The molecule has 1 atom stereocenters. The molecule has 0 aromatic heterocycles. The fraction of sp³-hybridized carbons (Fsp3) is 0.167. The summed E-state index contributed by atoms with van der Waals surface area (Å²) in [5, 5.41) is 12.2. The number of benzene rings is 3. The summed E-state index contributed by atoms with van der Waals surface area (Å²) in [6.45, 7) is 5.39. The minimum absolute atomic E-state index is 0.196. The zero-order valence-electron chi connectivity index (χ0n) is 16.6. The van der Waals surface area contributed by atoms with E-state index in [0.717, 1.165) is 22.3 Å². The number of aryl methyl sites for hydroxylation is 2. The lowest BCUT2D eigenvalue weighted by Crippen LogP contribution is -2.30. The first kappa shape index (κ1) is 20.1. The molecule has 3 aromatic rings. The van der Waals surface area contributed by atoms with Crippen molar-refractivity contribution in [3.8, 4) is 16.9 Å². The third kappa shape index (κ3) is 5.02. The maximum Gasteiger partial charge on any atom is 0.338 e. The summed E-state index contributed by atoms with van der Waals surface area (Å²) < 4.78 is 5.32. The van der Waals surface area contributed by atoms with Crippen LogP contribution in [0.1, 0.15) is 28.4 Å². The van der Waals surface area contributed by atoms with Crippen LogP contribution in [0.25, 0.3) is 11.1 Å². The van der Waals surface area contributed by atoms with Gasteiger partial charge in [-0.15, -0.1) is 0 Å². The van der Waals surface area contributed by atoms with Crippen LogP contribution < -0.4 is 5.32 Å². The quantitative estimate of drug-likeness (QED) is 0.611. The second kappa shape index (κ2) is 8.61. The lowest BCUT2D eigenvalue weighted by molar-refractivity contribution is -0.123. The summed E-state index contributed by atoms with van der Waals surface area (Å²) in [7, 11) is 0. The van der Waals surface area contributed by atoms with E-state index < -0.39 is 12.1 Å². The number of esters is 1. The number of nitrogens with one attached hydrogen (secondary N) is 1. The number of carbonyl (C=O) groups excluding carboxylic acids is 2. The molecule has 0 radical (unpaired) electrons. The van der Waals surface area contributed by atoms with E-state index >= 15 is 0 Å². The van der Waals surface area contributed by atoms with Crippen molar-refractivity contribution in [2.45, 2.75) is 26.9 Å². The van der Waals surface area contributed by atoms with Crippen LogP contribution in [0.15, 0.2) is 66.7 Å². The van der Waals surface area contributed by atoms with Crippen molar-refractivity contribution in [2.75, 3.05) is 5.32 Å². The standard InChI is InChI=1S/C24H23NO4/c1-15-4-5-16(2)22(14-15)25-23(27)17(3)29-24(28)20-8-6-18(7-9-20)19-10-12-21(26)13-11-19/h4-14,17,26H,1-3H3,(H,25,27)/t17-/m1/s1. The van der Waals surface area contributed by atoms with Gasteiger partial charge in [-0.25, -0.2) is 4.79 Å². The van der Waals surface area contributed by atoms with Gasteiger partial charge in [0.05, 0.1) is 5.56 Å². The SMILES string of the molecule is Cc1ccc(C)c(NC(=O)[C@@H](C)OC(=O)c2ccc(-c3ccc(O)cc3)cc2)c1. The highest BCUT2D eigenvalue weighted by atomic mass is 16.5. The van der Waals surface area contributed by atoms with Crippen molar-refractivity contribution in [1.29, 1.82) is 0 Å². The lowest BCUT2D eigenvalue weighted by Gasteiger charge is -2.15. The van der Waals surface area contributed by atoms with Crippen molar-refractivity contribution >= 4 is 17.6 Å². The van der Waals surface area contributed by atoms with Gasteiger partial charge in [0.1, 0.15) is 5.75 Å². The Labute approximate surface area is 170 Å². The van der Waals surface area contributed by atoms with E-state index in [1.54, 1.807) is 55.5 Å². The van der Waals surface area contributed by atoms with Crippen LogP contribution in [-0.4, -0.2) is 23.1 Å². The third-order valence-corrected chi connectivity index (χ3v) is 4.63. The van der Waals surface area contributed by atoms with E-state index in [0.29, 0.717) is 11.3 Å². The highest BCUT2D eigenvalue weighted by Gasteiger charge is 2.19. The number of amides is 1. The Bertz CT molecular complexity index is 1020. The number of carbonyl (C=O) groups is 2. The molecule has 0 aliphatic carbocycles. The molecule has 0 spiro atoms. The average molecular weight is 389 g/mol. The van der Waals surface area contributed by atoms with Crippen LogP contribution >= 0.6 is 0 Å². The van der Waals surface area contributed by atoms with Gasteiger partial charge < -0.3 is 15.2 Å². The molecule has 3 aromatic carbocycles. The van der Waals surface area contributed by atoms with Crippen molar-refractivity contribution in [3.05, 3.63) is 83.4 Å². The summed E-state index contributed by atoms with van der Waals surface area (Å²) >= 11 is 0. The zero-order valence-corrected chi connectivity index (χ0v) is 16.6. The van der Waals surface area contributed by atoms with E-state index in [4.69, 9.17) is 4.74 Å². The maximum absolute atomic E-state index is 12.4. The molecule has 1 amide bonds. The Morgan fingerprint density at radius 3 is 2.10 bits per heavy atom. The second-order valence-corrected chi connectivity index (χ2v) is 6.98. The average Bonchev–Trinajstić information content (AvgIpc) is 2.71. The van der Waals surface area contributed by atoms with Gasteiger partial charge in [-0.1, -0.05) is 36.4 Å². The fourth-order valence-corrected chi connectivity index (χ4v) is 2.84. The van der Waals surface area contributed by atoms with Gasteiger partial charge in [-0.3, -0.25) is 4.79 Å². The van der Waals surface area contributed by atoms with E-state index in [1.165, 1.54) is 0 Å². The van der Waals surface area contributed by atoms with E-state index in [-0.39, 0.29) is 11.7 Å². The normalized spacial score (nSPS) is 11.6. The monoisotopic (exact) mass is 389 g/mol. The van der Waals surface area contributed by atoms with Gasteiger partial charge in [0.25, 0.3) is 5.91 Å². The minimum Gasteiger partial charge on any atom is -0.508 e. The van der Waals surface area contributed by atoms with E-state index in [9.17, 15) is 14.7 Å². The van der Waals surface area contributed by atoms with Crippen molar-refractivity contribution in [3.63, 3.8) is 0 Å². The summed E-state index contributed by atoms with van der Waals surface area (Å²) in [4.78, 5) is 24.8. The number of phenolic OH excluding ortho intramolecular Hbond substituents is 1. The smallest absolute Gasteiger partial charge is 0.338 e. The Hall–Kier alpha value is -3.60. The molecule has 2 N–H and O–H groups in total.